The summed E-state index contributed by atoms with van der Waals surface area (Å²) in [5.41, 5.74) is 2.12. The third-order valence-corrected chi connectivity index (χ3v) is 3.09. The lowest BCUT2D eigenvalue weighted by Crippen LogP contribution is -2.25. The molecule has 0 spiro atoms. The second-order valence-electron chi connectivity index (χ2n) is 4.20. The van der Waals surface area contributed by atoms with E-state index in [4.69, 9.17) is 4.74 Å². The normalized spacial score (nSPS) is 17.3. The third-order valence-electron chi connectivity index (χ3n) is 3.09. The number of esters is 1. The van der Waals surface area contributed by atoms with Crippen molar-refractivity contribution in [3.8, 4) is 5.75 Å². The van der Waals surface area contributed by atoms with Crippen LogP contribution in [-0.2, 0) is 11.2 Å². The largest absolute Gasteiger partial charge is 0.426 e. The monoisotopic (exact) mass is 240 g/mol. The molecule has 3 rings (SSSR count). The van der Waals surface area contributed by atoms with Crippen LogP contribution in [0.5, 0.6) is 5.75 Å². The highest BCUT2D eigenvalue weighted by Crippen LogP contribution is 2.32. The summed E-state index contributed by atoms with van der Waals surface area (Å²) in [5, 5.41) is 0. The van der Waals surface area contributed by atoms with Crippen molar-refractivity contribution >= 4 is 5.97 Å². The summed E-state index contributed by atoms with van der Waals surface area (Å²) in [6.07, 6.45) is 0.721. The van der Waals surface area contributed by atoms with E-state index < -0.39 is 0 Å². The van der Waals surface area contributed by atoms with E-state index >= 15 is 0 Å². The lowest BCUT2D eigenvalue weighted by Gasteiger charge is -2.23. The molecule has 1 unspecified atom stereocenters. The molecule has 1 atom stereocenters. The van der Waals surface area contributed by atoms with Gasteiger partial charge in [-0.15, -0.1) is 0 Å². The topological polar surface area (TPSA) is 26.3 Å². The van der Waals surface area contributed by atoms with Crippen LogP contribution in [-0.4, -0.2) is 5.97 Å². The molecule has 92 valence electrons. The van der Waals surface area contributed by atoms with Crippen LogP contribution in [0.4, 0.5) is 0 Å². The molecule has 0 aliphatic carbocycles. The van der Waals surface area contributed by atoms with Gasteiger partial charge in [0.2, 0.25) is 0 Å². The SMILES string of the molecule is C.O=C1Oc2ccccc2CC1c1ccccc1. The van der Waals surface area contributed by atoms with Crippen LogP contribution in [0, 0.1) is 0 Å². The van der Waals surface area contributed by atoms with Gasteiger partial charge in [0.1, 0.15) is 5.75 Å². The van der Waals surface area contributed by atoms with Gasteiger partial charge in [-0.05, 0) is 23.6 Å². The highest BCUT2D eigenvalue weighted by Gasteiger charge is 2.29. The first-order chi connectivity index (χ1) is 8.34. The van der Waals surface area contributed by atoms with Crippen molar-refractivity contribution in [2.75, 3.05) is 0 Å². The Morgan fingerprint density at radius 1 is 0.944 bits per heavy atom. The van der Waals surface area contributed by atoms with E-state index in [1.165, 1.54) is 0 Å². The number of ether oxygens (including phenoxy) is 1. The number of carbonyl (C=O) groups excluding carboxylic acids is 1. The second kappa shape index (κ2) is 5.05. The molecule has 1 aliphatic rings. The molecule has 1 aliphatic heterocycles. The van der Waals surface area contributed by atoms with E-state index in [0.29, 0.717) is 5.75 Å². The van der Waals surface area contributed by atoms with Gasteiger partial charge in [-0.3, -0.25) is 4.79 Å². The van der Waals surface area contributed by atoms with Gasteiger partial charge in [-0.2, -0.15) is 0 Å². The van der Waals surface area contributed by atoms with E-state index in [1.54, 1.807) is 0 Å². The van der Waals surface area contributed by atoms with Crippen molar-refractivity contribution in [2.45, 2.75) is 19.8 Å². The highest BCUT2D eigenvalue weighted by molar-refractivity contribution is 5.83. The summed E-state index contributed by atoms with van der Waals surface area (Å²) >= 11 is 0. The molecule has 18 heavy (non-hydrogen) atoms. The van der Waals surface area contributed by atoms with E-state index in [2.05, 4.69) is 0 Å². The molecule has 2 heteroatoms. The Kier molecular flexibility index (Phi) is 3.47. The quantitative estimate of drug-likeness (QED) is 0.562. The Morgan fingerprint density at radius 2 is 1.61 bits per heavy atom. The number of carbonyl (C=O) groups is 1. The van der Waals surface area contributed by atoms with Crippen LogP contribution < -0.4 is 4.74 Å². The van der Waals surface area contributed by atoms with Crippen LogP contribution in [0.25, 0.3) is 0 Å². The minimum atomic E-state index is -0.175. The molecular formula is C16H16O2. The molecular weight excluding hydrogens is 224 g/mol. The molecule has 0 radical (unpaired) electrons. The maximum absolute atomic E-state index is 11.9. The van der Waals surface area contributed by atoms with Gasteiger partial charge in [0.05, 0.1) is 5.92 Å². The minimum Gasteiger partial charge on any atom is -0.426 e. The van der Waals surface area contributed by atoms with Crippen LogP contribution in [0.2, 0.25) is 0 Å². The van der Waals surface area contributed by atoms with E-state index in [9.17, 15) is 4.79 Å². The van der Waals surface area contributed by atoms with Crippen LogP contribution in [0.15, 0.2) is 54.6 Å². The lowest BCUT2D eigenvalue weighted by molar-refractivity contribution is -0.137. The Labute approximate surface area is 107 Å². The molecule has 0 amide bonds. The molecule has 0 bridgehead atoms. The van der Waals surface area contributed by atoms with E-state index in [-0.39, 0.29) is 19.3 Å². The zero-order valence-electron chi connectivity index (χ0n) is 9.30. The summed E-state index contributed by atoms with van der Waals surface area (Å²) in [5.74, 6) is 0.366. The van der Waals surface area contributed by atoms with Gasteiger partial charge in [0, 0.05) is 0 Å². The molecule has 0 aromatic heterocycles. The average molecular weight is 240 g/mol. The van der Waals surface area contributed by atoms with Crippen molar-refractivity contribution in [3.05, 3.63) is 65.7 Å². The van der Waals surface area contributed by atoms with Gasteiger partial charge in [-0.25, -0.2) is 0 Å². The smallest absolute Gasteiger partial charge is 0.319 e. The Morgan fingerprint density at radius 3 is 2.39 bits per heavy atom. The van der Waals surface area contributed by atoms with Crippen molar-refractivity contribution in [2.24, 2.45) is 0 Å². The van der Waals surface area contributed by atoms with Crippen molar-refractivity contribution in [1.29, 1.82) is 0 Å². The Hall–Kier alpha value is -2.09. The average Bonchev–Trinajstić information content (AvgIpc) is 2.39. The lowest BCUT2D eigenvalue weighted by atomic mass is 9.90. The standard InChI is InChI=1S/C15H12O2.CH4/c16-15-13(11-6-2-1-3-7-11)10-12-8-4-5-9-14(12)17-15;/h1-9,13H,10H2;1H4. The molecule has 1 heterocycles. The minimum absolute atomic E-state index is 0. The summed E-state index contributed by atoms with van der Waals surface area (Å²) < 4.78 is 5.36. The van der Waals surface area contributed by atoms with Gasteiger partial charge in [-0.1, -0.05) is 56.0 Å². The van der Waals surface area contributed by atoms with Crippen LogP contribution >= 0.6 is 0 Å². The third kappa shape index (κ3) is 2.14. The maximum atomic E-state index is 11.9. The molecule has 0 saturated heterocycles. The van der Waals surface area contributed by atoms with Gasteiger partial charge < -0.3 is 4.74 Å². The number of fused-ring (bicyclic) bond motifs is 1. The molecule has 2 nitrogen and oxygen atoms in total. The van der Waals surface area contributed by atoms with Crippen molar-refractivity contribution in [3.63, 3.8) is 0 Å². The fourth-order valence-corrected chi connectivity index (χ4v) is 2.19. The summed E-state index contributed by atoms with van der Waals surface area (Å²) in [6.45, 7) is 0. The molecule has 0 fully saturated rings. The fourth-order valence-electron chi connectivity index (χ4n) is 2.19. The first kappa shape index (κ1) is 12.4. The predicted molar refractivity (Wildman–Crippen MR) is 71.7 cm³/mol. The van der Waals surface area contributed by atoms with Crippen molar-refractivity contribution in [1.82, 2.24) is 0 Å². The van der Waals surface area contributed by atoms with Crippen molar-refractivity contribution < 1.29 is 9.53 Å². The zero-order chi connectivity index (χ0) is 11.7. The predicted octanol–water partition coefficient (Wildman–Crippen LogP) is 3.57. The van der Waals surface area contributed by atoms with E-state index in [0.717, 1.165) is 17.5 Å². The molecule has 2 aromatic rings. The van der Waals surface area contributed by atoms with Crippen LogP contribution in [0.3, 0.4) is 0 Å². The maximum Gasteiger partial charge on any atom is 0.319 e. The number of rotatable bonds is 1. The summed E-state index contributed by atoms with van der Waals surface area (Å²) in [4.78, 5) is 11.9. The Bertz CT molecular complexity index is 546. The number of hydrogen-bond donors (Lipinski definition) is 0. The summed E-state index contributed by atoms with van der Waals surface area (Å²) in [6, 6.07) is 17.5. The van der Waals surface area contributed by atoms with Gasteiger partial charge >= 0.3 is 5.97 Å². The first-order valence-electron chi connectivity index (χ1n) is 5.69. The van der Waals surface area contributed by atoms with E-state index in [1.807, 2.05) is 54.6 Å². The van der Waals surface area contributed by atoms with Gasteiger partial charge in [0.15, 0.2) is 0 Å². The number of benzene rings is 2. The first-order valence-corrected chi connectivity index (χ1v) is 5.69. The van der Waals surface area contributed by atoms with Gasteiger partial charge in [0.25, 0.3) is 0 Å². The summed E-state index contributed by atoms with van der Waals surface area (Å²) in [7, 11) is 0. The second-order valence-corrected chi connectivity index (χ2v) is 4.20. The van der Waals surface area contributed by atoms with Crippen LogP contribution in [0.1, 0.15) is 24.5 Å². The molecule has 2 aromatic carbocycles. The number of hydrogen-bond acceptors (Lipinski definition) is 2. The highest BCUT2D eigenvalue weighted by atomic mass is 16.5. The Balaban J connectivity index is 0.00000120. The molecule has 0 saturated carbocycles. The zero-order valence-corrected chi connectivity index (χ0v) is 9.30. The molecule has 0 N–H and O–H groups in total. The number of para-hydroxylation sites is 1. The fraction of sp³-hybridized carbons (Fsp3) is 0.188.